The molecule has 1 aromatic heterocycles. The summed E-state index contributed by atoms with van der Waals surface area (Å²) in [6.45, 7) is 8.93. The van der Waals surface area contributed by atoms with Crippen LogP contribution in [0.2, 0.25) is 0 Å². The first-order valence-electron chi connectivity index (χ1n) is 6.42. The molecule has 3 atom stereocenters. The molecule has 0 aliphatic heterocycles. The third kappa shape index (κ3) is 2.35. The average molecular weight is 254 g/mol. The predicted molar refractivity (Wildman–Crippen MR) is 68.1 cm³/mol. The number of anilines is 1. The van der Waals surface area contributed by atoms with E-state index < -0.39 is 0 Å². The van der Waals surface area contributed by atoms with E-state index in [1.54, 1.807) is 0 Å². The van der Waals surface area contributed by atoms with Crippen LogP contribution in [0.15, 0.2) is 4.42 Å². The number of hydrogen-bond donors (Lipinski definition) is 2. The first-order chi connectivity index (χ1) is 8.45. The lowest BCUT2D eigenvalue weighted by Crippen LogP contribution is -2.58. The zero-order valence-corrected chi connectivity index (χ0v) is 11.4. The fourth-order valence-corrected chi connectivity index (χ4v) is 2.24. The Balaban J connectivity index is 1.94. The van der Waals surface area contributed by atoms with Crippen LogP contribution in [0.4, 0.5) is 6.01 Å². The van der Waals surface area contributed by atoms with Crippen molar-refractivity contribution >= 4 is 6.01 Å². The molecule has 1 aliphatic carbocycles. The maximum absolute atomic E-state index is 5.68. The monoisotopic (exact) mass is 254 g/mol. The Morgan fingerprint density at radius 3 is 2.78 bits per heavy atom. The second-order valence-electron chi connectivity index (χ2n) is 5.43. The number of hydrogen-bond acceptors (Lipinski definition) is 6. The van der Waals surface area contributed by atoms with Crippen molar-refractivity contribution in [3.63, 3.8) is 0 Å². The van der Waals surface area contributed by atoms with Gasteiger partial charge in [-0.1, -0.05) is 18.9 Å². The highest BCUT2D eigenvalue weighted by atomic mass is 16.5. The van der Waals surface area contributed by atoms with Gasteiger partial charge >= 0.3 is 6.01 Å². The van der Waals surface area contributed by atoms with Gasteiger partial charge in [0.1, 0.15) is 0 Å². The van der Waals surface area contributed by atoms with Gasteiger partial charge in [0.25, 0.3) is 0 Å². The van der Waals surface area contributed by atoms with Gasteiger partial charge in [-0.3, -0.25) is 0 Å². The molecular formula is C12H22N4O2. The van der Waals surface area contributed by atoms with Crippen molar-refractivity contribution in [3.8, 4) is 0 Å². The molecular weight excluding hydrogens is 232 g/mol. The van der Waals surface area contributed by atoms with E-state index in [1.807, 2.05) is 13.8 Å². The molecule has 6 nitrogen and oxygen atoms in total. The standard InChI is InChI=1S/C12H22N4O2/c1-5-17-9-6-8(12(9,3)4)14-11-16-15-10(18-11)7(2)13/h7-9H,5-6,13H2,1-4H3,(H,14,16). The van der Waals surface area contributed by atoms with Crippen molar-refractivity contribution in [1.29, 1.82) is 0 Å². The highest BCUT2D eigenvalue weighted by Crippen LogP contribution is 2.44. The maximum Gasteiger partial charge on any atom is 0.315 e. The summed E-state index contributed by atoms with van der Waals surface area (Å²) in [5, 5.41) is 11.1. The van der Waals surface area contributed by atoms with E-state index in [9.17, 15) is 0 Å². The Morgan fingerprint density at radius 2 is 2.28 bits per heavy atom. The van der Waals surface area contributed by atoms with E-state index in [-0.39, 0.29) is 23.6 Å². The molecule has 0 amide bonds. The van der Waals surface area contributed by atoms with Crippen LogP contribution in [0.3, 0.4) is 0 Å². The first kappa shape index (κ1) is 13.3. The number of nitrogens with one attached hydrogen (secondary N) is 1. The minimum Gasteiger partial charge on any atom is -0.406 e. The fraction of sp³-hybridized carbons (Fsp3) is 0.833. The van der Waals surface area contributed by atoms with E-state index in [4.69, 9.17) is 14.9 Å². The van der Waals surface area contributed by atoms with E-state index in [0.717, 1.165) is 13.0 Å². The Kier molecular flexibility index (Phi) is 3.59. The van der Waals surface area contributed by atoms with Gasteiger partial charge in [-0.05, 0) is 20.3 Å². The molecule has 2 rings (SSSR count). The molecule has 0 aromatic carbocycles. The van der Waals surface area contributed by atoms with Gasteiger partial charge in [0, 0.05) is 18.1 Å². The zero-order valence-electron chi connectivity index (χ0n) is 11.4. The Hall–Kier alpha value is -1.14. The molecule has 102 valence electrons. The predicted octanol–water partition coefficient (Wildman–Crippen LogP) is 1.70. The van der Waals surface area contributed by atoms with E-state index in [2.05, 4.69) is 29.4 Å². The van der Waals surface area contributed by atoms with E-state index >= 15 is 0 Å². The first-order valence-corrected chi connectivity index (χ1v) is 6.42. The average Bonchev–Trinajstić information content (AvgIpc) is 2.76. The van der Waals surface area contributed by atoms with Crippen molar-refractivity contribution in [2.75, 3.05) is 11.9 Å². The van der Waals surface area contributed by atoms with Crippen LogP contribution in [0.1, 0.15) is 46.0 Å². The summed E-state index contributed by atoms with van der Waals surface area (Å²) in [5.74, 6) is 0.455. The molecule has 0 bridgehead atoms. The SMILES string of the molecule is CCOC1CC(Nc2nnc(C(C)N)o2)C1(C)C. The summed E-state index contributed by atoms with van der Waals surface area (Å²) in [6.07, 6.45) is 1.24. The van der Waals surface area contributed by atoms with Crippen LogP contribution in [0, 0.1) is 5.41 Å². The van der Waals surface area contributed by atoms with Gasteiger partial charge in [-0.25, -0.2) is 0 Å². The summed E-state index contributed by atoms with van der Waals surface area (Å²) in [4.78, 5) is 0. The van der Waals surface area contributed by atoms with Gasteiger partial charge in [-0.2, -0.15) is 0 Å². The van der Waals surface area contributed by atoms with Crippen molar-refractivity contribution in [2.24, 2.45) is 11.1 Å². The van der Waals surface area contributed by atoms with Crippen molar-refractivity contribution in [3.05, 3.63) is 5.89 Å². The molecule has 0 saturated heterocycles. The highest BCUT2D eigenvalue weighted by Gasteiger charge is 2.49. The van der Waals surface area contributed by atoms with Crippen molar-refractivity contribution in [1.82, 2.24) is 10.2 Å². The van der Waals surface area contributed by atoms with Crippen LogP contribution >= 0.6 is 0 Å². The number of nitrogens with zero attached hydrogens (tertiary/aromatic N) is 2. The van der Waals surface area contributed by atoms with Gasteiger partial charge in [-0.15, -0.1) is 5.10 Å². The van der Waals surface area contributed by atoms with Crippen LogP contribution in [-0.2, 0) is 4.74 Å². The lowest BCUT2D eigenvalue weighted by Gasteiger charge is -2.51. The second kappa shape index (κ2) is 4.85. The molecule has 1 heterocycles. The molecule has 0 radical (unpaired) electrons. The quantitative estimate of drug-likeness (QED) is 0.831. The summed E-state index contributed by atoms with van der Waals surface area (Å²) >= 11 is 0. The maximum atomic E-state index is 5.68. The molecule has 3 unspecified atom stereocenters. The third-order valence-corrected chi connectivity index (χ3v) is 3.67. The number of rotatable bonds is 5. The number of aromatic nitrogens is 2. The smallest absolute Gasteiger partial charge is 0.315 e. The minimum absolute atomic E-state index is 0.0684. The molecule has 1 fully saturated rings. The number of nitrogens with two attached hydrogens (primary N) is 1. The Bertz CT molecular complexity index is 403. The molecule has 1 aliphatic rings. The van der Waals surface area contributed by atoms with Gasteiger partial charge < -0.3 is 20.2 Å². The zero-order chi connectivity index (χ0) is 13.3. The molecule has 18 heavy (non-hydrogen) atoms. The van der Waals surface area contributed by atoms with Crippen LogP contribution in [-0.4, -0.2) is 29.0 Å². The van der Waals surface area contributed by atoms with Crippen LogP contribution in [0.25, 0.3) is 0 Å². The van der Waals surface area contributed by atoms with E-state index in [1.165, 1.54) is 0 Å². The number of ether oxygens (including phenoxy) is 1. The normalized spacial score (nSPS) is 27.6. The molecule has 3 N–H and O–H groups in total. The minimum atomic E-state index is -0.237. The van der Waals surface area contributed by atoms with Crippen LogP contribution < -0.4 is 11.1 Å². The molecule has 0 spiro atoms. The van der Waals surface area contributed by atoms with E-state index in [0.29, 0.717) is 11.9 Å². The summed E-state index contributed by atoms with van der Waals surface area (Å²) in [6, 6.07) is 0.490. The molecule has 1 saturated carbocycles. The third-order valence-electron chi connectivity index (χ3n) is 3.67. The van der Waals surface area contributed by atoms with Crippen LogP contribution in [0.5, 0.6) is 0 Å². The molecule has 6 heteroatoms. The summed E-state index contributed by atoms with van der Waals surface area (Å²) < 4.78 is 11.1. The van der Waals surface area contributed by atoms with Gasteiger partial charge in [0.05, 0.1) is 12.1 Å². The molecule has 1 aromatic rings. The summed E-state index contributed by atoms with van der Waals surface area (Å²) in [7, 11) is 0. The Labute approximate surface area is 107 Å². The Morgan fingerprint density at radius 1 is 1.56 bits per heavy atom. The topological polar surface area (TPSA) is 86.2 Å². The lowest BCUT2D eigenvalue weighted by molar-refractivity contribution is -0.0980. The second-order valence-corrected chi connectivity index (χ2v) is 5.43. The largest absolute Gasteiger partial charge is 0.406 e. The van der Waals surface area contributed by atoms with Crippen molar-refractivity contribution in [2.45, 2.75) is 52.3 Å². The summed E-state index contributed by atoms with van der Waals surface area (Å²) in [5.41, 5.74) is 5.74. The fourth-order valence-electron chi connectivity index (χ4n) is 2.24. The van der Waals surface area contributed by atoms with Crippen molar-refractivity contribution < 1.29 is 9.15 Å². The lowest BCUT2D eigenvalue weighted by atomic mass is 9.64. The highest BCUT2D eigenvalue weighted by molar-refractivity contribution is 5.25. The van der Waals surface area contributed by atoms with Gasteiger partial charge in [0.15, 0.2) is 0 Å². The van der Waals surface area contributed by atoms with Gasteiger partial charge in [0.2, 0.25) is 5.89 Å².